The Hall–Kier alpha value is -1.52. The summed E-state index contributed by atoms with van der Waals surface area (Å²) in [5.74, 6) is 0.726. The summed E-state index contributed by atoms with van der Waals surface area (Å²) in [5, 5.41) is 4.91. The number of benzene rings is 1. The van der Waals surface area contributed by atoms with Gasteiger partial charge >= 0.3 is 0 Å². The number of hydrogen-bond donors (Lipinski definition) is 1. The van der Waals surface area contributed by atoms with Gasteiger partial charge in [-0.25, -0.2) is 0 Å². The van der Waals surface area contributed by atoms with Crippen LogP contribution in [0.1, 0.15) is 17.0 Å². The lowest BCUT2D eigenvalue weighted by Gasteiger charge is -2.10. The van der Waals surface area contributed by atoms with Crippen molar-refractivity contribution < 1.29 is 4.74 Å². The number of nitrogens with two attached hydrogens (primary N) is 1. The van der Waals surface area contributed by atoms with Crippen LogP contribution in [-0.2, 0) is 20.2 Å². The van der Waals surface area contributed by atoms with Crippen LogP contribution in [0.3, 0.4) is 0 Å². The first kappa shape index (κ1) is 12.9. The van der Waals surface area contributed by atoms with Crippen LogP contribution >= 0.6 is 11.6 Å². The van der Waals surface area contributed by atoms with Crippen molar-refractivity contribution in [2.45, 2.75) is 20.1 Å². The fourth-order valence-corrected chi connectivity index (χ4v) is 1.94. The number of rotatable bonds is 4. The van der Waals surface area contributed by atoms with Crippen molar-refractivity contribution in [2.75, 3.05) is 0 Å². The van der Waals surface area contributed by atoms with E-state index in [0.29, 0.717) is 18.2 Å². The lowest BCUT2D eigenvalue weighted by atomic mass is 10.2. The monoisotopic (exact) mass is 265 g/mol. The van der Waals surface area contributed by atoms with Gasteiger partial charge in [-0.05, 0) is 25.1 Å². The minimum Gasteiger partial charge on any atom is -0.487 e. The van der Waals surface area contributed by atoms with Gasteiger partial charge in [-0.3, -0.25) is 4.68 Å². The maximum atomic E-state index is 5.95. The van der Waals surface area contributed by atoms with Crippen LogP contribution in [0.2, 0.25) is 5.02 Å². The van der Waals surface area contributed by atoms with Crippen molar-refractivity contribution in [3.8, 4) is 5.75 Å². The summed E-state index contributed by atoms with van der Waals surface area (Å²) in [5.41, 5.74) is 8.59. The number of halogens is 1. The quantitative estimate of drug-likeness (QED) is 0.924. The molecule has 4 nitrogen and oxygen atoms in total. The number of ether oxygens (including phenoxy) is 1. The molecular weight excluding hydrogens is 250 g/mol. The Morgan fingerprint density at radius 1 is 1.39 bits per heavy atom. The highest BCUT2D eigenvalue weighted by molar-refractivity contribution is 6.30. The topological polar surface area (TPSA) is 53.1 Å². The Morgan fingerprint density at radius 3 is 2.78 bits per heavy atom. The van der Waals surface area contributed by atoms with E-state index < -0.39 is 0 Å². The molecule has 1 heterocycles. The van der Waals surface area contributed by atoms with Crippen molar-refractivity contribution in [1.82, 2.24) is 9.78 Å². The highest BCUT2D eigenvalue weighted by Gasteiger charge is 2.06. The zero-order valence-corrected chi connectivity index (χ0v) is 11.2. The average Bonchev–Trinajstić information content (AvgIpc) is 2.65. The largest absolute Gasteiger partial charge is 0.487 e. The van der Waals surface area contributed by atoms with Gasteiger partial charge in [-0.2, -0.15) is 5.10 Å². The normalized spacial score (nSPS) is 10.7. The highest BCUT2D eigenvalue weighted by atomic mass is 35.5. The molecule has 0 aliphatic heterocycles. The molecule has 0 aliphatic rings. The van der Waals surface area contributed by atoms with E-state index in [1.54, 1.807) is 6.07 Å². The standard InChI is InChI=1S/C13H16ClN3O/c1-9-5-12(17(2)16-9)8-18-13-6-11(14)4-3-10(13)7-15/h3-6H,7-8,15H2,1-2H3. The zero-order chi connectivity index (χ0) is 13.1. The lowest BCUT2D eigenvalue weighted by Crippen LogP contribution is -2.06. The van der Waals surface area contributed by atoms with E-state index in [1.165, 1.54) is 0 Å². The number of aromatic nitrogens is 2. The van der Waals surface area contributed by atoms with E-state index >= 15 is 0 Å². The fourth-order valence-electron chi connectivity index (χ4n) is 1.78. The second-order valence-corrected chi connectivity index (χ2v) is 4.58. The van der Waals surface area contributed by atoms with Gasteiger partial charge in [0.25, 0.3) is 0 Å². The molecule has 0 saturated carbocycles. The molecule has 0 fully saturated rings. The summed E-state index contributed by atoms with van der Waals surface area (Å²) < 4.78 is 7.57. The van der Waals surface area contributed by atoms with Gasteiger partial charge < -0.3 is 10.5 Å². The second-order valence-electron chi connectivity index (χ2n) is 4.15. The molecule has 1 aromatic carbocycles. The van der Waals surface area contributed by atoms with Crippen molar-refractivity contribution in [1.29, 1.82) is 0 Å². The van der Waals surface area contributed by atoms with Crippen LogP contribution in [0.5, 0.6) is 5.75 Å². The zero-order valence-electron chi connectivity index (χ0n) is 10.5. The molecule has 0 amide bonds. The molecular formula is C13H16ClN3O. The van der Waals surface area contributed by atoms with Gasteiger partial charge in [0.1, 0.15) is 12.4 Å². The average molecular weight is 266 g/mol. The minimum absolute atomic E-state index is 0.427. The van der Waals surface area contributed by atoms with Crippen LogP contribution in [-0.4, -0.2) is 9.78 Å². The number of nitrogens with zero attached hydrogens (tertiary/aromatic N) is 2. The Kier molecular flexibility index (Phi) is 3.89. The molecule has 0 saturated heterocycles. The Balaban J connectivity index is 2.14. The number of aryl methyl sites for hydroxylation is 2. The van der Waals surface area contributed by atoms with E-state index in [4.69, 9.17) is 22.1 Å². The maximum Gasteiger partial charge on any atom is 0.130 e. The number of hydrogen-bond acceptors (Lipinski definition) is 3. The third-order valence-corrected chi connectivity index (χ3v) is 2.96. The first-order valence-corrected chi connectivity index (χ1v) is 6.08. The smallest absolute Gasteiger partial charge is 0.130 e. The fraction of sp³-hybridized carbons (Fsp3) is 0.308. The second kappa shape index (κ2) is 5.42. The summed E-state index contributed by atoms with van der Waals surface area (Å²) >= 11 is 5.95. The van der Waals surface area contributed by atoms with Crippen LogP contribution in [0.4, 0.5) is 0 Å². The van der Waals surface area contributed by atoms with Gasteiger partial charge in [-0.15, -0.1) is 0 Å². The molecule has 0 bridgehead atoms. The van der Waals surface area contributed by atoms with Crippen molar-refractivity contribution in [3.05, 3.63) is 46.2 Å². The molecule has 2 aromatic rings. The SMILES string of the molecule is Cc1cc(COc2cc(Cl)ccc2CN)n(C)n1. The molecule has 0 unspecified atom stereocenters. The van der Waals surface area contributed by atoms with Gasteiger partial charge in [0.15, 0.2) is 0 Å². The van der Waals surface area contributed by atoms with E-state index in [1.807, 2.05) is 36.9 Å². The molecule has 0 aliphatic carbocycles. The lowest BCUT2D eigenvalue weighted by molar-refractivity contribution is 0.292. The molecule has 18 heavy (non-hydrogen) atoms. The minimum atomic E-state index is 0.427. The first-order valence-electron chi connectivity index (χ1n) is 5.71. The summed E-state index contributed by atoms with van der Waals surface area (Å²) in [7, 11) is 1.90. The Labute approximate surface area is 111 Å². The summed E-state index contributed by atoms with van der Waals surface area (Å²) in [6.07, 6.45) is 0. The van der Waals surface area contributed by atoms with Gasteiger partial charge in [0.2, 0.25) is 0 Å². The van der Waals surface area contributed by atoms with Crippen molar-refractivity contribution >= 4 is 11.6 Å². The maximum absolute atomic E-state index is 5.95. The predicted octanol–water partition coefficient (Wildman–Crippen LogP) is 2.42. The molecule has 0 spiro atoms. The third kappa shape index (κ3) is 2.83. The molecule has 1 aromatic heterocycles. The summed E-state index contributed by atoms with van der Waals surface area (Å²) in [6, 6.07) is 7.47. The van der Waals surface area contributed by atoms with E-state index in [-0.39, 0.29) is 0 Å². The van der Waals surface area contributed by atoms with Gasteiger partial charge in [0, 0.05) is 24.2 Å². The van der Waals surface area contributed by atoms with Gasteiger partial charge in [-0.1, -0.05) is 17.7 Å². The third-order valence-electron chi connectivity index (χ3n) is 2.72. The summed E-state index contributed by atoms with van der Waals surface area (Å²) in [6.45, 7) is 2.83. The van der Waals surface area contributed by atoms with Crippen LogP contribution in [0, 0.1) is 6.92 Å². The van der Waals surface area contributed by atoms with Crippen molar-refractivity contribution in [3.63, 3.8) is 0 Å². The Bertz CT molecular complexity index is 551. The van der Waals surface area contributed by atoms with Crippen LogP contribution < -0.4 is 10.5 Å². The van der Waals surface area contributed by atoms with Crippen LogP contribution in [0.25, 0.3) is 0 Å². The molecule has 96 valence electrons. The molecule has 2 N–H and O–H groups in total. The van der Waals surface area contributed by atoms with E-state index in [2.05, 4.69) is 5.10 Å². The summed E-state index contributed by atoms with van der Waals surface area (Å²) in [4.78, 5) is 0. The van der Waals surface area contributed by atoms with Gasteiger partial charge in [0.05, 0.1) is 11.4 Å². The highest BCUT2D eigenvalue weighted by Crippen LogP contribution is 2.24. The molecule has 5 heteroatoms. The van der Waals surface area contributed by atoms with Crippen LogP contribution in [0.15, 0.2) is 24.3 Å². The van der Waals surface area contributed by atoms with E-state index in [9.17, 15) is 0 Å². The molecule has 0 atom stereocenters. The van der Waals surface area contributed by atoms with Crippen molar-refractivity contribution in [2.24, 2.45) is 12.8 Å². The first-order chi connectivity index (χ1) is 8.60. The predicted molar refractivity (Wildman–Crippen MR) is 71.6 cm³/mol. The van der Waals surface area contributed by atoms with E-state index in [0.717, 1.165) is 22.7 Å². The molecule has 2 rings (SSSR count). The Morgan fingerprint density at radius 2 is 2.17 bits per heavy atom. The molecule has 0 radical (unpaired) electrons.